The Hall–Kier alpha value is -1.26. The van der Waals surface area contributed by atoms with Crippen LogP contribution in [0.2, 0.25) is 0 Å². The van der Waals surface area contributed by atoms with Crippen molar-refractivity contribution in [2.45, 2.75) is 52.0 Å². The molecule has 1 aliphatic carbocycles. The highest BCUT2D eigenvalue weighted by molar-refractivity contribution is 5.76. The number of carbonyl (C=O) groups excluding carboxylic acids is 1. The lowest BCUT2D eigenvalue weighted by molar-refractivity contribution is -0.137. The Morgan fingerprint density at radius 1 is 1.22 bits per heavy atom. The number of amides is 2. The molecule has 1 aliphatic rings. The maximum atomic E-state index is 12.3. The number of hydrogen-bond acceptors (Lipinski definition) is 2. The third kappa shape index (κ3) is 4.55. The molecule has 0 spiro atoms. The normalized spacial score (nSPS) is 14.3. The smallest absolute Gasteiger partial charge is 0.320 e. The molecule has 1 fully saturated rings. The van der Waals surface area contributed by atoms with Gasteiger partial charge in [-0.1, -0.05) is 13.3 Å². The topological polar surface area (TPSA) is 60.9 Å². The predicted octanol–water partition coefficient (Wildman–Crippen LogP) is 2.17. The Bertz CT molecular complexity index is 290. The van der Waals surface area contributed by atoms with Crippen molar-refractivity contribution < 1.29 is 14.7 Å². The van der Waals surface area contributed by atoms with Gasteiger partial charge in [-0.15, -0.1) is 0 Å². The molecular weight excluding hydrogens is 232 g/mol. The second-order valence-corrected chi connectivity index (χ2v) is 4.78. The van der Waals surface area contributed by atoms with Crippen LogP contribution in [0.25, 0.3) is 0 Å². The summed E-state index contributed by atoms with van der Waals surface area (Å²) in [5.74, 6) is -0.854. The van der Waals surface area contributed by atoms with Crippen molar-refractivity contribution in [3.8, 4) is 0 Å². The Morgan fingerprint density at radius 3 is 2.33 bits per heavy atom. The van der Waals surface area contributed by atoms with Gasteiger partial charge in [-0.05, 0) is 26.2 Å². The van der Waals surface area contributed by atoms with Gasteiger partial charge >= 0.3 is 12.0 Å². The lowest BCUT2D eigenvalue weighted by atomic mass is 10.3. The highest BCUT2D eigenvalue weighted by atomic mass is 16.4. The van der Waals surface area contributed by atoms with Gasteiger partial charge in [0, 0.05) is 25.7 Å². The fraction of sp³-hybridized carbons (Fsp3) is 0.846. The minimum absolute atomic E-state index is 0.00898. The van der Waals surface area contributed by atoms with E-state index in [1.807, 2.05) is 11.8 Å². The molecule has 0 bridgehead atoms. The molecule has 0 aromatic heterocycles. The highest BCUT2D eigenvalue weighted by Gasteiger charge is 2.33. The summed E-state index contributed by atoms with van der Waals surface area (Å²) < 4.78 is 0. The van der Waals surface area contributed by atoms with E-state index in [0.29, 0.717) is 19.1 Å². The van der Waals surface area contributed by atoms with E-state index < -0.39 is 5.97 Å². The van der Waals surface area contributed by atoms with Crippen LogP contribution in [-0.2, 0) is 4.79 Å². The van der Waals surface area contributed by atoms with Gasteiger partial charge in [0.25, 0.3) is 0 Å². The number of carbonyl (C=O) groups is 2. The number of rotatable bonds is 8. The number of urea groups is 1. The van der Waals surface area contributed by atoms with Gasteiger partial charge in [0.2, 0.25) is 0 Å². The van der Waals surface area contributed by atoms with Crippen molar-refractivity contribution in [1.29, 1.82) is 0 Å². The monoisotopic (exact) mass is 256 g/mol. The van der Waals surface area contributed by atoms with E-state index in [1.54, 1.807) is 4.90 Å². The summed E-state index contributed by atoms with van der Waals surface area (Å²) in [6.45, 7) is 5.67. The zero-order chi connectivity index (χ0) is 13.5. The van der Waals surface area contributed by atoms with Crippen molar-refractivity contribution in [2.75, 3.05) is 19.6 Å². The van der Waals surface area contributed by atoms with Crippen LogP contribution in [0.3, 0.4) is 0 Å². The van der Waals surface area contributed by atoms with E-state index in [1.165, 1.54) is 0 Å². The van der Waals surface area contributed by atoms with Gasteiger partial charge in [-0.2, -0.15) is 0 Å². The van der Waals surface area contributed by atoms with Crippen molar-refractivity contribution in [2.24, 2.45) is 0 Å². The van der Waals surface area contributed by atoms with Crippen LogP contribution >= 0.6 is 0 Å². The maximum Gasteiger partial charge on any atom is 0.320 e. The molecule has 0 saturated heterocycles. The summed E-state index contributed by atoms with van der Waals surface area (Å²) in [5.41, 5.74) is 0. The van der Waals surface area contributed by atoms with Crippen LogP contribution in [0.1, 0.15) is 46.0 Å². The van der Waals surface area contributed by atoms with E-state index in [-0.39, 0.29) is 12.5 Å². The van der Waals surface area contributed by atoms with Crippen LogP contribution < -0.4 is 0 Å². The highest BCUT2D eigenvalue weighted by Crippen LogP contribution is 2.28. The zero-order valence-electron chi connectivity index (χ0n) is 11.4. The number of carboxylic acids is 1. The van der Waals surface area contributed by atoms with Crippen LogP contribution in [0.5, 0.6) is 0 Å². The van der Waals surface area contributed by atoms with E-state index in [2.05, 4.69) is 6.92 Å². The fourth-order valence-electron chi connectivity index (χ4n) is 1.95. The molecule has 1 N–H and O–H groups in total. The van der Waals surface area contributed by atoms with Gasteiger partial charge in [0.1, 0.15) is 0 Å². The number of hydrogen-bond donors (Lipinski definition) is 1. The standard InChI is InChI=1S/C13H24N2O3/c1-3-5-9-15(11-6-7-11)13(18)14(4-2)10-8-12(16)17/h11H,3-10H2,1-2H3,(H,16,17). The van der Waals surface area contributed by atoms with Crippen molar-refractivity contribution in [3.05, 3.63) is 0 Å². The van der Waals surface area contributed by atoms with Crippen LogP contribution in [0.4, 0.5) is 4.79 Å². The SMILES string of the molecule is CCCCN(C(=O)N(CC)CCC(=O)O)C1CC1. The van der Waals surface area contributed by atoms with E-state index in [9.17, 15) is 9.59 Å². The van der Waals surface area contributed by atoms with Gasteiger partial charge in [0.15, 0.2) is 0 Å². The zero-order valence-corrected chi connectivity index (χ0v) is 11.4. The van der Waals surface area contributed by atoms with Gasteiger partial charge < -0.3 is 14.9 Å². The second kappa shape index (κ2) is 7.24. The van der Waals surface area contributed by atoms with Crippen molar-refractivity contribution in [1.82, 2.24) is 9.80 Å². The quantitative estimate of drug-likeness (QED) is 0.724. The van der Waals surface area contributed by atoms with Gasteiger partial charge in [0.05, 0.1) is 6.42 Å². The maximum absolute atomic E-state index is 12.3. The van der Waals surface area contributed by atoms with E-state index in [4.69, 9.17) is 5.11 Å². The molecule has 0 radical (unpaired) electrons. The van der Waals surface area contributed by atoms with Crippen molar-refractivity contribution in [3.63, 3.8) is 0 Å². The first-order chi connectivity index (χ1) is 8.60. The second-order valence-electron chi connectivity index (χ2n) is 4.78. The minimum atomic E-state index is -0.854. The molecule has 0 aromatic carbocycles. The number of aliphatic carboxylic acids is 1. The lowest BCUT2D eigenvalue weighted by Crippen LogP contribution is -2.45. The van der Waals surface area contributed by atoms with Crippen LogP contribution in [-0.4, -0.2) is 52.6 Å². The molecule has 104 valence electrons. The summed E-state index contributed by atoms with van der Waals surface area (Å²) in [6, 6.07) is 0.401. The first-order valence-corrected chi connectivity index (χ1v) is 6.87. The lowest BCUT2D eigenvalue weighted by Gasteiger charge is -2.29. The molecule has 2 amide bonds. The largest absolute Gasteiger partial charge is 0.481 e. The minimum Gasteiger partial charge on any atom is -0.481 e. The average Bonchev–Trinajstić information content (AvgIpc) is 3.14. The fourth-order valence-corrected chi connectivity index (χ4v) is 1.95. The van der Waals surface area contributed by atoms with Crippen molar-refractivity contribution >= 4 is 12.0 Å². The number of nitrogens with zero attached hydrogens (tertiary/aromatic N) is 2. The molecule has 0 aromatic rings. The number of unbranched alkanes of at least 4 members (excludes halogenated alkanes) is 1. The Morgan fingerprint density at radius 2 is 1.89 bits per heavy atom. The predicted molar refractivity (Wildman–Crippen MR) is 69.5 cm³/mol. The molecule has 0 aliphatic heterocycles. The van der Waals surface area contributed by atoms with Gasteiger partial charge in [-0.3, -0.25) is 4.79 Å². The molecule has 5 nitrogen and oxygen atoms in total. The molecule has 0 unspecified atom stereocenters. The molecule has 18 heavy (non-hydrogen) atoms. The molecule has 0 atom stereocenters. The van der Waals surface area contributed by atoms with E-state index >= 15 is 0 Å². The summed E-state index contributed by atoms with van der Waals surface area (Å²) in [6.07, 6.45) is 4.28. The third-order valence-corrected chi connectivity index (χ3v) is 3.23. The first kappa shape index (κ1) is 14.8. The van der Waals surface area contributed by atoms with Crippen LogP contribution in [0, 0.1) is 0 Å². The Labute approximate surface area is 109 Å². The number of carboxylic acid groups (broad SMARTS) is 1. The summed E-state index contributed by atoms with van der Waals surface area (Å²) >= 11 is 0. The van der Waals surface area contributed by atoms with Crippen LogP contribution in [0.15, 0.2) is 0 Å². The summed E-state index contributed by atoms with van der Waals surface area (Å²) in [7, 11) is 0. The van der Waals surface area contributed by atoms with Gasteiger partial charge in [-0.25, -0.2) is 4.79 Å². The molecule has 5 heteroatoms. The van der Waals surface area contributed by atoms with E-state index in [0.717, 1.165) is 32.2 Å². The third-order valence-electron chi connectivity index (χ3n) is 3.23. The summed E-state index contributed by atoms with van der Waals surface area (Å²) in [4.78, 5) is 26.5. The molecule has 1 rings (SSSR count). The Balaban J connectivity index is 2.52. The molecule has 0 heterocycles. The summed E-state index contributed by atoms with van der Waals surface area (Å²) in [5, 5.41) is 8.69. The first-order valence-electron chi connectivity index (χ1n) is 6.87. The molecule has 1 saturated carbocycles. The average molecular weight is 256 g/mol. The molecular formula is C13H24N2O3. The Kier molecular flexibility index (Phi) is 5.95.